The lowest BCUT2D eigenvalue weighted by atomic mass is 10.0. The number of anilines is 1. The SMILES string of the molecule is CCC(Nc1ccc(OC)nc1)c1ccc2c(c1)CCO2. The summed E-state index contributed by atoms with van der Waals surface area (Å²) in [5.74, 6) is 1.66. The van der Waals surface area contributed by atoms with E-state index in [1.165, 1.54) is 11.1 Å². The zero-order valence-corrected chi connectivity index (χ0v) is 12.4. The Balaban J connectivity index is 1.78. The van der Waals surface area contributed by atoms with Crippen LogP contribution in [0.15, 0.2) is 36.5 Å². The number of ether oxygens (including phenoxy) is 2. The van der Waals surface area contributed by atoms with E-state index in [4.69, 9.17) is 9.47 Å². The van der Waals surface area contributed by atoms with E-state index in [2.05, 4.69) is 35.4 Å². The van der Waals surface area contributed by atoms with E-state index >= 15 is 0 Å². The summed E-state index contributed by atoms with van der Waals surface area (Å²) < 4.78 is 10.6. The summed E-state index contributed by atoms with van der Waals surface area (Å²) >= 11 is 0. The first-order valence-corrected chi connectivity index (χ1v) is 7.32. The van der Waals surface area contributed by atoms with E-state index in [-0.39, 0.29) is 6.04 Å². The molecule has 0 aliphatic carbocycles. The van der Waals surface area contributed by atoms with Crippen LogP contribution in [0.1, 0.15) is 30.5 Å². The largest absolute Gasteiger partial charge is 0.493 e. The van der Waals surface area contributed by atoms with Crippen molar-refractivity contribution in [3.05, 3.63) is 47.7 Å². The molecule has 2 aromatic rings. The Kier molecular flexibility index (Phi) is 3.95. The summed E-state index contributed by atoms with van der Waals surface area (Å²) in [5, 5.41) is 3.53. The van der Waals surface area contributed by atoms with E-state index in [0.29, 0.717) is 5.88 Å². The second-order valence-corrected chi connectivity index (χ2v) is 5.16. The molecule has 0 amide bonds. The van der Waals surface area contributed by atoms with Crippen molar-refractivity contribution in [1.82, 2.24) is 4.98 Å². The third-order valence-corrected chi connectivity index (χ3v) is 3.81. The fourth-order valence-electron chi connectivity index (χ4n) is 2.63. The molecule has 0 saturated carbocycles. The van der Waals surface area contributed by atoms with Crippen LogP contribution in [0.2, 0.25) is 0 Å². The zero-order valence-electron chi connectivity index (χ0n) is 12.4. The monoisotopic (exact) mass is 284 g/mol. The van der Waals surface area contributed by atoms with Gasteiger partial charge in [0.1, 0.15) is 5.75 Å². The third kappa shape index (κ3) is 2.94. The number of hydrogen-bond donors (Lipinski definition) is 1. The van der Waals surface area contributed by atoms with E-state index in [0.717, 1.165) is 30.9 Å². The number of pyridine rings is 1. The predicted octanol–water partition coefficient (Wildman–Crippen LogP) is 3.59. The summed E-state index contributed by atoms with van der Waals surface area (Å²) in [6.07, 6.45) is 3.81. The second-order valence-electron chi connectivity index (χ2n) is 5.16. The second kappa shape index (κ2) is 6.04. The Bertz CT molecular complexity index is 611. The molecule has 1 aromatic carbocycles. The number of aromatic nitrogens is 1. The van der Waals surface area contributed by atoms with Gasteiger partial charge in [0, 0.05) is 12.5 Å². The molecule has 2 heterocycles. The van der Waals surface area contributed by atoms with Gasteiger partial charge in [0.25, 0.3) is 0 Å². The van der Waals surface area contributed by atoms with Crippen molar-refractivity contribution < 1.29 is 9.47 Å². The highest BCUT2D eigenvalue weighted by Crippen LogP contribution is 2.30. The molecular formula is C17H20N2O2. The van der Waals surface area contributed by atoms with Gasteiger partial charge < -0.3 is 14.8 Å². The fourth-order valence-corrected chi connectivity index (χ4v) is 2.63. The minimum atomic E-state index is 0.270. The molecule has 1 unspecified atom stereocenters. The molecule has 0 saturated heterocycles. The lowest BCUT2D eigenvalue weighted by molar-refractivity contribution is 0.357. The van der Waals surface area contributed by atoms with Gasteiger partial charge in [-0.25, -0.2) is 4.98 Å². The van der Waals surface area contributed by atoms with Crippen molar-refractivity contribution in [2.75, 3.05) is 19.0 Å². The Hall–Kier alpha value is -2.23. The van der Waals surface area contributed by atoms with Gasteiger partial charge in [0.15, 0.2) is 0 Å². The molecule has 1 aliphatic heterocycles. The van der Waals surface area contributed by atoms with Gasteiger partial charge in [-0.2, -0.15) is 0 Å². The van der Waals surface area contributed by atoms with Crippen LogP contribution in [0.3, 0.4) is 0 Å². The molecule has 0 bridgehead atoms. The quantitative estimate of drug-likeness (QED) is 0.911. The average molecular weight is 284 g/mol. The van der Waals surface area contributed by atoms with Crippen LogP contribution in [0.25, 0.3) is 0 Å². The van der Waals surface area contributed by atoms with Crippen molar-refractivity contribution in [3.8, 4) is 11.6 Å². The van der Waals surface area contributed by atoms with Gasteiger partial charge >= 0.3 is 0 Å². The third-order valence-electron chi connectivity index (χ3n) is 3.81. The number of rotatable bonds is 5. The normalized spacial score (nSPS) is 14.2. The zero-order chi connectivity index (χ0) is 14.7. The van der Waals surface area contributed by atoms with Crippen LogP contribution in [0, 0.1) is 0 Å². The highest BCUT2D eigenvalue weighted by Gasteiger charge is 2.16. The van der Waals surface area contributed by atoms with Crippen molar-refractivity contribution in [3.63, 3.8) is 0 Å². The maximum absolute atomic E-state index is 5.57. The number of benzene rings is 1. The predicted molar refractivity (Wildman–Crippen MR) is 83.1 cm³/mol. The van der Waals surface area contributed by atoms with E-state index in [1.54, 1.807) is 13.3 Å². The first-order valence-electron chi connectivity index (χ1n) is 7.32. The molecule has 4 nitrogen and oxygen atoms in total. The molecular weight excluding hydrogens is 264 g/mol. The van der Waals surface area contributed by atoms with Crippen LogP contribution in [-0.4, -0.2) is 18.7 Å². The van der Waals surface area contributed by atoms with E-state index < -0.39 is 0 Å². The molecule has 0 spiro atoms. The maximum atomic E-state index is 5.57. The molecule has 110 valence electrons. The summed E-state index contributed by atoms with van der Waals surface area (Å²) in [5.41, 5.74) is 3.59. The highest BCUT2D eigenvalue weighted by atomic mass is 16.5. The van der Waals surface area contributed by atoms with E-state index in [9.17, 15) is 0 Å². The van der Waals surface area contributed by atoms with Crippen LogP contribution >= 0.6 is 0 Å². The van der Waals surface area contributed by atoms with E-state index in [1.807, 2.05) is 12.1 Å². The number of hydrogen-bond acceptors (Lipinski definition) is 4. The Morgan fingerprint density at radius 1 is 1.33 bits per heavy atom. The van der Waals surface area contributed by atoms with Crippen LogP contribution in [-0.2, 0) is 6.42 Å². The maximum Gasteiger partial charge on any atom is 0.213 e. The van der Waals surface area contributed by atoms with Crippen LogP contribution in [0.4, 0.5) is 5.69 Å². The summed E-state index contributed by atoms with van der Waals surface area (Å²) in [6, 6.07) is 10.6. The molecule has 0 fully saturated rings. The van der Waals surface area contributed by atoms with Gasteiger partial charge in [-0.3, -0.25) is 0 Å². The standard InChI is InChI=1S/C17H20N2O2/c1-3-15(19-14-5-7-17(20-2)18-11-14)12-4-6-16-13(10-12)8-9-21-16/h4-7,10-11,15,19H,3,8-9H2,1-2H3. The molecule has 4 heteroatoms. The molecule has 0 radical (unpaired) electrons. The molecule has 1 aromatic heterocycles. The fraction of sp³-hybridized carbons (Fsp3) is 0.353. The van der Waals surface area contributed by atoms with Gasteiger partial charge in [-0.1, -0.05) is 13.0 Å². The molecule has 1 N–H and O–H groups in total. The van der Waals surface area contributed by atoms with Gasteiger partial charge in [0.2, 0.25) is 5.88 Å². The van der Waals surface area contributed by atoms with Gasteiger partial charge in [-0.15, -0.1) is 0 Å². The number of fused-ring (bicyclic) bond motifs is 1. The molecule has 3 rings (SSSR count). The molecule has 1 aliphatic rings. The number of nitrogens with one attached hydrogen (secondary N) is 1. The van der Waals surface area contributed by atoms with Crippen molar-refractivity contribution in [2.45, 2.75) is 25.8 Å². The molecule has 1 atom stereocenters. The number of methoxy groups -OCH3 is 1. The smallest absolute Gasteiger partial charge is 0.213 e. The summed E-state index contributed by atoms with van der Waals surface area (Å²) in [7, 11) is 1.62. The Morgan fingerprint density at radius 2 is 2.24 bits per heavy atom. The summed E-state index contributed by atoms with van der Waals surface area (Å²) in [6.45, 7) is 2.98. The van der Waals surface area contributed by atoms with Crippen molar-refractivity contribution >= 4 is 5.69 Å². The van der Waals surface area contributed by atoms with Crippen LogP contribution in [0.5, 0.6) is 11.6 Å². The minimum absolute atomic E-state index is 0.270. The lowest BCUT2D eigenvalue weighted by Gasteiger charge is -2.19. The van der Waals surface area contributed by atoms with Gasteiger partial charge in [-0.05, 0) is 35.7 Å². The first kappa shape index (κ1) is 13.7. The Morgan fingerprint density at radius 3 is 2.95 bits per heavy atom. The Labute approximate surface area is 125 Å². The lowest BCUT2D eigenvalue weighted by Crippen LogP contribution is -2.10. The first-order chi connectivity index (χ1) is 10.3. The minimum Gasteiger partial charge on any atom is -0.493 e. The summed E-state index contributed by atoms with van der Waals surface area (Å²) in [4.78, 5) is 4.23. The van der Waals surface area contributed by atoms with Gasteiger partial charge in [0.05, 0.1) is 31.6 Å². The topological polar surface area (TPSA) is 43.4 Å². The number of nitrogens with zero attached hydrogens (tertiary/aromatic N) is 1. The van der Waals surface area contributed by atoms with Crippen molar-refractivity contribution in [2.24, 2.45) is 0 Å². The molecule has 21 heavy (non-hydrogen) atoms. The van der Waals surface area contributed by atoms with Crippen LogP contribution < -0.4 is 14.8 Å². The average Bonchev–Trinajstić information content (AvgIpc) is 3.00. The highest BCUT2D eigenvalue weighted by molar-refractivity contribution is 5.47. The van der Waals surface area contributed by atoms with Crippen molar-refractivity contribution in [1.29, 1.82) is 0 Å².